The van der Waals surface area contributed by atoms with Crippen LogP contribution in [0.15, 0.2) is 46.2 Å². The predicted octanol–water partition coefficient (Wildman–Crippen LogP) is 3.55. The minimum absolute atomic E-state index is 0.00589. The fourth-order valence-corrected chi connectivity index (χ4v) is 2.98. The first-order valence-corrected chi connectivity index (χ1v) is 7.13. The standard InChI is InChI=1S/C15H16N2OS/c1-10-4-5-14-11(7-10)8-15(18-14)13(17-16)9-12-3-2-6-19-12/h2-8,13,17H,9,16H2,1H3. The second-order valence-corrected chi connectivity index (χ2v) is 5.73. The van der Waals surface area contributed by atoms with E-state index in [4.69, 9.17) is 10.3 Å². The Labute approximate surface area is 116 Å². The van der Waals surface area contributed by atoms with Gasteiger partial charge in [-0.2, -0.15) is 0 Å². The number of hydrogen-bond donors (Lipinski definition) is 2. The Bertz CT molecular complexity index is 673. The molecule has 0 fully saturated rings. The number of nitrogens with one attached hydrogen (secondary N) is 1. The SMILES string of the molecule is Cc1ccc2oc(C(Cc3cccs3)NN)cc2c1. The van der Waals surface area contributed by atoms with E-state index >= 15 is 0 Å². The molecule has 0 saturated carbocycles. The lowest BCUT2D eigenvalue weighted by atomic mass is 10.1. The zero-order chi connectivity index (χ0) is 13.2. The molecule has 0 radical (unpaired) electrons. The van der Waals surface area contributed by atoms with Crippen molar-refractivity contribution in [3.63, 3.8) is 0 Å². The van der Waals surface area contributed by atoms with Crippen LogP contribution in [0.1, 0.15) is 22.2 Å². The summed E-state index contributed by atoms with van der Waals surface area (Å²) in [5.41, 5.74) is 4.99. The molecule has 0 aliphatic carbocycles. The van der Waals surface area contributed by atoms with Gasteiger partial charge in [0.15, 0.2) is 0 Å². The maximum atomic E-state index is 5.89. The minimum Gasteiger partial charge on any atom is -0.459 e. The summed E-state index contributed by atoms with van der Waals surface area (Å²) in [4.78, 5) is 1.29. The third-order valence-electron chi connectivity index (χ3n) is 3.22. The van der Waals surface area contributed by atoms with Crippen LogP contribution in [-0.4, -0.2) is 0 Å². The van der Waals surface area contributed by atoms with Crippen LogP contribution in [0.5, 0.6) is 0 Å². The van der Waals surface area contributed by atoms with E-state index in [1.165, 1.54) is 10.4 Å². The molecule has 3 N–H and O–H groups in total. The Hall–Kier alpha value is -1.62. The summed E-state index contributed by atoms with van der Waals surface area (Å²) in [5.74, 6) is 6.55. The molecule has 0 aliphatic rings. The van der Waals surface area contributed by atoms with Crippen molar-refractivity contribution < 1.29 is 4.42 Å². The van der Waals surface area contributed by atoms with E-state index in [1.54, 1.807) is 11.3 Å². The highest BCUT2D eigenvalue weighted by molar-refractivity contribution is 7.09. The average molecular weight is 272 g/mol. The van der Waals surface area contributed by atoms with Gasteiger partial charge in [-0.25, -0.2) is 5.43 Å². The molecule has 0 bridgehead atoms. The first-order chi connectivity index (χ1) is 9.26. The van der Waals surface area contributed by atoms with Crippen LogP contribution in [0.3, 0.4) is 0 Å². The van der Waals surface area contributed by atoms with E-state index in [2.05, 4.69) is 48.1 Å². The predicted molar refractivity (Wildman–Crippen MR) is 79.0 cm³/mol. The highest BCUT2D eigenvalue weighted by Gasteiger charge is 2.16. The summed E-state index contributed by atoms with van der Waals surface area (Å²) in [6.45, 7) is 2.08. The van der Waals surface area contributed by atoms with Crippen molar-refractivity contribution in [3.05, 3.63) is 58.0 Å². The number of furan rings is 1. The van der Waals surface area contributed by atoms with Crippen LogP contribution in [0.25, 0.3) is 11.0 Å². The average Bonchev–Trinajstić information content (AvgIpc) is 3.03. The fourth-order valence-electron chi connectivity index (χ4n) is 2.23. The van der Waals surface area contributed by atoms with Crippen LogP contribution in [0.4, 0.5) is 0 Å². The molecule has 0 amide bonds. The van der Waals surface area contributed by atoms with Crippen molar-refractivity contribution in [3.8, 4) is 0 Å². The lowest BCUT2D eigenvalue weighted by Gasteiger charge is -2.11. The van der Waals surface area contributed by atoms with Gasteiger partial charge in [-0.15, -0.1) is 11.3 Å². The monoisotopic (exact) mass is 272 g/mol. The fraction of sp³-hybridized carbons (Fsp3) is 0.200. The summed E-state index contributed by atoms with van der Waals surface area (Å²) in [6, 6.07) is 12.4. The number of benzene rings is 1. The number of hydrazine groups is 1. The number of aryl methyl sites for hydroxylation is 1. The summed E-state index contributed by atoms with van der Waals surface area (Å²) in [5, 5.41) is 3.20. The smallest absolute Gasteiger partial charge is 0.134 e. The highest BCUT2D eigenvalue weighted by atomic mass is 32.1. The zero-order valence-corrected chi connectivity index (χ0v) is 11.5. The quantitative estimate of drug-likeness (QED) is 0.564. The molecule has 2 aromatic heterocycles. The Kier molecular flexibility index (Phi) is 3.38. The van der Waals surface area contributed by atoms with E-state index in [0.29, 0.717) is 0 Å². The van der Waals surface area contributed by atoms with E-state index in [1.807, 2.05) is 6.07 Å². The third kappa shape index (κ3) is 2.56. The number of rotatable bonds is 4. The lowest BCUT2D eigenvalue weighted by Crippen LogP contribution is -2.29. The lowest BCUT2D eigenvalue weighted by molar-refractivity contribution is 0.436. The Morgan fingerprint density at radius 2 is 2.21 bits per heavy atom. The van der Waals surface area contributed by atoms with Crippen molar-refractivity contribution in [2.24, 2.45) is 5.84 Å². The molecule has 0 spiro atoms. The van der Waals surface area contributed by atoms with Gasteiger partial charge >= 0.3 is 0 Å². The molecule has 1 atom stereocenters. The molecule has 19 heavy (non-hydrogen) atoms. The zero-order valence-electron chi connectivity index (χ0n) is 10.7. The van der Waals surface area contributed by atoms with Gasteiger partial charge < -0.3 is 4.42 Å². The molecule has 2 heterocycles. The van der Waals surface area contributed by atoms with E-state index < -0.39 is 0 Å². The molecule has 98 valence electrons. The largest absolute Gasteiger partial charge is 0.459 e. The van der Waals surface area contributed by atoms with E-state index in [9.17, 15) is 0 Å². The van der Waals surface area contributed by atoms with Gasteiger partial charge in [0, 0.05) is 16.7 Å². The molecule has 1 unspecified atom stereocenters. The van der Waals surface area contributed by atoms with Crippen molar-refractivity contribution in [1.29, 1.82) is 0 Å². The van der Waals surface area contributed by atoms with Gasteiger partial charge in [0.1, 0.15) is 11.3 Å². The number of hydrogen-bond acceptors (Lipinski definition) is 4. The second kappa shape index (κ2) is 5.17. The molecular formula is C15H16N2OS. The molecule has 1 aromatic carbocycles. The van der Waals surface area contributed by atoms with Gasteiger partial charge in [0.05, 0.1) is 6.04 Å². The van der Waals surface area contributed by atoms with E-state index in [0.717, 1.165) is 23.2 Å². The minimum atomic E-state index is 0.00589. The van der Waals surface area contributed by atoms with Gasteiger partial charge in [-0.05, 0) is 36.6 Å². The number of thiophene rings is 1. The number of nitrogens with two attached hydrogens (primary N) is 1. The molecule has 3 rings (SSSR count). The first kappa shape index (κ1) is 12.4. The molecule has 3 nitrogen and oxygen atoms in total. The van der Waals surface area contributed by atoms with E-state index in [-0.39, 0.29) is 6.04 Å². The summed E-state index contributed by atoms with van der Waals surface area (Å²) in [6.07, 6.45) is 0.840. The Balaban J connectivity index is 1.92. The van der Waals surface area contributed by atoms with Crippen molar-refractivity contribution in [2.45, 2.75) is 19.4 Å². The Morgan fingerprint density at radius 3 is 2.95 bits per heavy atom. The summed E-state index contributed by atoms with van der Waals surface area (Å²) >= 11 is 1.73. The van der Waals surface area contributed by atoms with Gasteiger partial charge in [0.2, 0.25) is 0 Å². The van der Waals surface area contributed by atoms with Gasteiger partial charge in [-0.3, -0.25) is 5.84 Å². The highest BCUT2D eigenvalue weighted by Crippen LogP contribution is 2.27. The van der Waals surface area contributed by atoms with Crippen LogP contribution in [0, 0.1) is 6.92 Å². The topological polar surface area (TPSA) is 51.2 Å². The van der Waals surface area contributed by atoms with Gasteiger partial charge in [0.25, 0.3) is 0 Å². The maximum Gasteiger partial charge on any atom is 0.134 e. The molecular weight excluding hydrogens is 256 g/mol. The van der Waals surface area contributed by atoms with Gasteiger partial charge in [-0.1, -0.05) is 17.7 Å². The number of fused-ring (bicyclic) bond motifs is 1. The molecule has 4 heteroatoms. The van der Waals surface area contributed by atoms with Crippen LogP contribution in [0.2, 0.25) is 0 Å². The normalized spacial score (nSPS) is 12.9. The van der Waals surface area contributed by atoms with Crippen LogP contribution >= 0.6 is 11.3 Å². The van der Waals surface area contributed by atoms with Crippen molar-refractivity contribution in [1.82, 2.24) is 5.43 Å². The maximum absolute atomic E-state index is 5.89. The Morgan fingerprint density at radius 1 is 1.32 bits per heavy atom. The molecule has 0 saturated heterocycles. The molecule has 3 aromatic rings. The summed E-state index contributed by atoms with van der Waals surface area (Å²) < 4.78 is 5.89. The van der Waals surface area contributed by atoms with Crippen LogP contribution in [-0.2, 0) is 6.42 Å². The molecule has 0 aliphatic heterocycles. The van der Waals surface area contributed by atoms with Crippen molar-refractivity contribution in [2.75, 3.05) is 0 Å². The summed E-state index contributed by atoms with van der Waals surface area (Å²) in [7, 11) is 0. The van der Waals surface area contributed by atoms with Crippen LogP contribution < -0.4 is 11.3 Å². The van der Waals surface area contributed by atoms with Crippen molar-refractivity contribution >= 4 is 22.3 Å². The second-order valence-electron chi connectivity index (χ2n) is 4.69. The first-order valence-electron chi connectivity index (χ1n) is 6.25. The third-order valence-corrected chi connectivity index (χ3v) is 4.12.